The predicted molar refractivity (Wildman–Crippen MR) is 95.7 cm³/mol. The summed E-state index contributed by atoms with van der Waals surface area (Å²) in [7, 11) is 0. The Morgan fingerprint density at radius 3 is 2.44 bits per heavy atom. The summed E-state index contributed by atoms with van der Waals surface area (Å²) in [6.45, 7) is 1.05. The number of carbonyl (C=O) groups excluding carboxylic acids is 1. The van der Waals surface area contributed by atoms with Crippen molar-refractivity contribution in [1.82, 2.24) is 4.57 Å². The Hall–Kier alpha value is -1.98. The summed E-state index contributed by atoms with van der Waals surface area (Å²) in [5.74, 6) is -0.555. The third-order valence-corrected chi connectivity index (χ3v) is 5.54. The van der Waals surface area contributed by atoms with E-state index in [2.05, 4.69) is 15.9 Å². The molecule has 3 rings (SSSR count). The molecule has 1 heterocycles. The average molecular weight is 462 g/mol. The fraction of sp³-hybridized carbons (Fsp3) is 0.333. The molecule has 1 saturated carbocycles. The molecule has 0 atom stereocenters. The van der Waals surface area contributed by atoms with E-state index in [0.717, 1.165) is 4.57 Å². The van der Waals surface area contributed by atoms with E-state index in [9.17, 15) is 23.2 Å². The topological polar surface area (TPSA) is 55.0 Å². The Bertz CT molecular complexity index is 941. The zero-order chi connectivity index (χ0) is 20.0. The Balaban J connectivity index is 2.13. The van der Waals surface area contributed by atoms with Crippen LogP contribution in [0.3, 0.4) is 0 Å². The van der Waals surface area contributed by atoms with Gasteiger partial charge in [-0.3, -0.25) is 4.79 Å². The van der Waals surface area contributed by atoms with Crippen LogP contribution in [0.15, 0.2) is 28.7 Å². The summed E-state index contributed by atoms with van der Waals surface area (Å²) < 4.78 is 46.6. The van der Waals surface area contributed by atoms with Crippen LogP contribution in [0.5, 0.6) is 0 Å². The Labute approximate surface area is 166 Å². The average Bonchev–Trinajstić information content (AvgIpc) is 3.27. The second-order valence-corrected chi connectivity index (χ2v) is 7.78. The maximum Gasteiger partial charge on any atom is 0.432 e. The summed E-state index contributed by atoms with van der Waals surface area (Å²) in [6.07, 6.45) is -3.48. The smallest absolute Gasteiger partial charge is 0.432 e. The summed E-state index contributed by atoms with van der Waals surface area (Å²) in [4.78, 5) is 12.1. The summed E-state index contributed by atoms with van der Waals surface area (Å²) in [6, 6.07) is 7.83. The fourth-order valence-corrected chi connectivity index (χ4v) is 3.53. The fourth-order valence-electron chi connectivity index (χ4n) is 2.69. The van der Waals surface area contributed by atoms with Gasteiger partial charge in [-0.1, -0.05) is 23.7 Å². The van der Waals surface area contributed by atoms with Gasteiger partial charge >= 0.3 is 12.1 Å². The van der Waals surface area contributed by atoms with Crippen LogP contribution in [-0.2, 0) is 22.4 Å². The molecule has 0 N–H and O–H groups in total. The highest BCUT2D eigenvalue weighted by atomic mass is 79.9. The normalized spacial score (nSPS) is 15.3. The van der Waals surface area contributed by atoms with Crippen LogP contribution < -0.4 is 0 Å². The van der Waals surface area contributed by atoms with Gasteiger partial charge < -0.3 is 9.30 Å². The summed E-state index contributed by atoms with van der Waals surface area (Å²) >= 11 is 8.74. The molecule has 1 aliphatic rings. The summed E-state index contributed by atoms with van der Waals surface area (Å²) in [5.41, 5.74) is -1.57. The van der Waals surface area contributed by atoms with Crippen LogP contribution >= 0.6 is 27.5 Å². The van der Waals surface area contributed by atoms with Crippen molar-refractivity contribution in [2.75, 3.05) is 0 Å². The van der Waals surface area contributed by atoms with Gasteiger partial charge in [0.2, 0.25) is 0 Å². The zero-order valence-corrected chi connectivity index (χ0v) is 16.4. The molecule has 1 fully saturated rings. The number of benzene rings is 1. The lowest BCUT2D eigenvalue weighted by Gasteiger charge is -2.17. The Morgan fingerprint density at radius 2 is 1.96 bits per heavy atom. The molecule has 9 heteroatoms. The van der Waals surface area contributed by atoms with Crippen molar-refractivity contribution in [3.05, 3.63) is 45.0 Å². The molecule has 0 unspecified atom stereocenters. The quantitative estimate of drug-likeness (QED) is 0.544. The van der Waals surface area contributed by atoms with E-state index in [1.165, 1.54) is 24.3 Å². The lowest BCUT2D eigenvalue weighted by Crippen LogP contribution is -2.21. The molecule has 142 valence electrons. The van der Waals surface area contributed by atoms with Crippen molar-refractivity contribution in [3.63, 3.8) is 0 Å². The second kappa shape index (κ2) is 6.88. The van der Waals surface area contributed by atoms with Crippen LogP contribution in [0.4, 0.5) is 13.2 Å². The number of hydrogen-bond acceptors (Lipinski definition) is 3. The lowest BCUT2D eigenvalue weighted by atomic mass is 10.1. The number of aromatic nitrogens is 1. The highest BCUT2D eigenvalue weighted by Crippen LogP contribution is 2.47. The molecule has 0 radical (unpaired) electrons. The third kappa shape index (κ3) is 3.71. The molecular weight excluding hydrogens is 449 g/mol. The number of alkyl halides is 3. The van der Waals surface area contributed by atoms with E-state index >= 15 is 0 Å². The first kappa shape index (κ1) is 19.8. The number of rotatable bonds is 4. The van der Waals surface area contributed by atoms with E-state index in [-0.39, 0.29) is 11.3 Å². The molecule has 2 aromatic rings. The van der Waals surface area contributed by atoms with Gasteiger partial charge in [0.05, 0.1) is 21.1 Å². The molecule has 1 aliphatic carbocycles. The van der Waals surface area contributed by atoms with Gasteiger partial charge in [-0.2, -0.15) is 18.4 Å². The van der Waals surface area contributed by atoms with E-state index in [0.29, 0.717) is 23.4 Å². The highest BCUT2D eigenvalue weighted by molar-refractivity contribution is 9.10. The van der Waals surface area contributed by atoms with E-state index in [4.69, 9.17) is 16.3 Å². The molecule has 0 saturated heterocycles. The first-order valence-corrected chi connectivity index (χ1v) is 9.08. The molecule has 4 nitrogen and oxygen atoms in total. The molecule has 0 aliphatic heterocycles. The predicted octanol–water partition coefficient (Wildman–Crippen LogP) is 5.76. The number of nitrogens with zero attached hydrogens (tertiary/aromatic N) is 2. The molecule has 0 amide bonds. The molecule has 1 aromatic carbocycles. The van der Waals surface area contributed by atoms with Crippen LogP contribution in [0.1, 0.15) is 31.0 Å². The van der Waals surface area contributed by atoms with Gasteiger partial charge in [-0.15, -0.1) is 0 Å². The minimum atomic E-state index is -4.76. The van der Waals surface area contributed by atoms with Gasteiger partial charge in [-0.05, 0) is 53.4 Å². The Kier molecular flexibility index (Phi) is 5.04. The van der Waals surface area contributed by atoms with Gasteiger partial charge in [0.1, 0.15) is 11.8 Å². The van der Waals surface area contributed by atoms with Gasteiger partial charge in [0.25, 0.3) is 0 Å². The minimum Gasteiger partial charge on any atom is -0.443 e. The minimum absolute atomic E-state index is 0.00196. The first-order chi connectivity index (χ1) is 12.6. The largest absolute Gasteiger partial charge is 0.443 e. The van der Waals surface area contributed by atoms with E-state index in [1.807, 2.05) is 0 Å². The number of ether oxygens (including phenoxy) is 1. The van der Waals surface area contributed by atoms with Crippen molar-refractivity contribution in [2.45, 2.75) is 32.7 Å². The number of halogens is 5. The molecule has 1 aromatic heterocycles. The standard InChI is InChI=1S/C18H13BrClF3N2O2/c1-17(6-7-17)16(26)27-9-25-14(10-2-4-11(20)5-3-10)12(8-24)13(19)15(25)18(21,22)23/h2-5H,6-7,9H2,1H3. The lowest BCUT2D eigenvalue weighted by molar-refractivity contribution is -0.159. The van der Waals surface area contributed by atoms with E-state index < -0.39 is 34.5 Å². The number of hydrogen-bond donors (Lipinski definition) is 0. The van der Waals surface area contributed by atoms with Crippen LogP contribution in [0.25, 0.3) is 11.3 Å². The van der Waals surface area contributed by atoms with Crippen LogP contribution in [-0.4, -0.2) is 10.5 Å². The van der Waals surface area contributed by atoms with Crippen LogP contribution in [0, 0.1) is 16.7 Å². The molecule has 27 heavy (non-hydrogen) atoms. The third-order valence-electron chi connectivity index (χ3n) is 4.52. The van der Waals surface area contributed by atoms with Gasteiger partial charge in [0, 0.05) is 5.02 Å². The van der Waals surface area contributed by atoms with E-state index in [1.54, 1.807) is 13.0 Å². The highest BCUT2D eigenvalue weighted by Gasteiger charge is 2.47. The maximum atomic E-state index is 13.7. The zero-order valence-electron chi connectivity index (χ0n) is 14.0. The Morgan fingerprint density at radius 1 is 1.37 bits per heavy atom. The van der Waals surface area contributed by atoms with Crippen molar-refractivity contribution >= 4 is 33.5 Å². The van der Waals surface area contributed by atoms with Crippen molar-refractivity contribution in [2.24, 2.45) is 5.41 Å². The van der Waals surface area contributed by atoms with Crippen molar-refractivity contribution in [1.29, 1.82) is 5.26 Å². The first-order valence-electron chi connectivity index (χ1n) is 7.91. The molecular formula is C18H13BrClF3N2O2. The molecule has 0 bridgehead atoms. The number of esters is 1. The van der Waals surface area contributed by atoms with Crippen molar-refractivity contribution in [3.8, 4) is 17.3 Å². The second-order valence-electron chi connectivity index (χ2n) is 6.55. The van der Waals surface area contributed by atoms with Crippen LogP contribution in [0.2, 0.25) is 5.02 Å². The summed E-state index contributed by atoms with van der Waals surface area (Å²) in [5, 5.41) is 9.84. The van der Waals surface area contributed by atoms with Gasteiger partial charge in [0.15, 0.2) is 6.73 Å². The van der Waals surface area contributed by atoms with Crippen molar-refractivity contribution < 1.29 is 22.7 Å². The molecule has 0 spiro atoms. The maximum absolute atomic E-state index is 13.7. The SMILES string of the molecule is CC1(C(=O)OCn2c(-c3ccc(Cl)cc3)c(C#N)c(Br)c2C(F)(F)F)CC1. The monoisotopic (exact) mass is 460 g/mol. The van der Waals surface area contributed by atoms with Gasteiger partial charge in [-0.25, -0.2) is 0 Å². The number of nitriles is 1. The number of carbonyl (C=O) groups is 1.